The van der Waals surface area contributed by atoms with Gasteiger partial charge in [-0.05, 0) is 48.9 Å². The summed E-state index contributed by atoms with van der Waals surface area (Å²) in [6.45, 7) is 2.39. The van der Waals surface area contributed by atoms with E-state index in [1.165, 1.54) is 26.7 Å². The van der Waals surface area contributed by atoms with E-state index in [1.54, 1.807) is 12.1 Å². The lowest BCUT2D eigenvalue weighted by atomic mass is 9.90. The molecule has 2 aliphatic rings. The zero-order valence-corrected chi connectivity index (χ0v) is 17.0. The zero-order valence-electron chi connectivity index (χ0n) is 16.2. The molecule has 8 heteroatoms. The second kappa shape index (κ2) is 8.24. The molecular weight excluding hydrogens is 390 g/mol. The van der Waals surface area contributed by atoms with E-state index in [-0.39, 0.29) is 37.3 Å². The van der Waals surface area contributed by atoms with Gasteiger partial charge in [0, 0.05) is 17.8 Å². The number of aryl methyl sites for hydroxylation is 1. The van der Waals surface area contributed by atoms with Crippen LogP contribution >= 0.6 is 11.3 Å². The van der Waals surface area contributed by atoms with Crippen molar-refractivity contribution in [2.45, 2.75) is 32.6 Å². The van der Waals surface area contributed by atoms with Gasteiger partial charge < -0.3 is 9.64 Å². The standard InChI is InChI=1S/C21H23N3O4S/c1-13-6-7-17-14(10-13)11-18(29-17)21(27)23-22-19(25)8-9-24-15-4-2-3-5-16(15)28-12-20(24)26/h2-5,11,13H,6-10,12H2,1H3,(H,22,25)(H,23,27)/t13-/m0/s1. The first-order chi connectivity index (χ1) is 14.0. The van der Waals surface area contributed by atoms with Crippen molar-refractivity contribution >= 4 is 34.7 Å². The van der Waals surface area contributed by atoms with Crippen LogP contribution in [0, 0.1) is 5.92 Å². The van der Waals surface area contributed by atoms with Crippen LogP contribution in [0.25, 0.3) is 0 Å². The van der Waals surface area contributed by atoms with Gasteiger partial charge in [0.25, 0.3) is 11.8 Å². The van der Waals surface area contributed by atoms with Crippen LogP contribution in [0.4, 0.5) is 5.69 Å². The second-order valence-electron chi connectivity index (χ2n) is 7.46. The number of rotatable bonds is 4. The molecule has 0 fully saturated rings. The van der Waals surface area contributed by atoms with Crippen LogP contribution in [0.1, 0.15) is 39.9 Å². The minimum Gasteiger partial charge on any atom is -0.482 e. The van der Waals surface area contributed by atoms with Crippen LogP contribution in [0.15, 0.2) is 30.3 Å². The van der Waals surface area contributed by atoms with Gasteiger partial charge in [-0.1, -0.05) is 19.1 Å². The summed E-state index contributed by atoms with van der Waals surface area (Å²) >= 11 is 1.50. The number of hydrogen-bond acceptors (Lipinski definition) is 5. The Hall–Kier alpha value is -2.87. The smallest absolute Gasteiger partial charge is 0.279 e. The molecule has 1 atom stereocenters. The van der Waals surface area contributed by atoms with Gasteiger partial charge in [0.05, 0.1) is 10.6 Å². The predicted molar refractivity (Wildman–Crippen MR) is 110 cm³/mol. The molecular formula is C21H23N3O4S. The van der Waals surface area contributed by atoms with E-state index in [0.717, 1.165) is 19.3 Å². The molecule has 1 aliphatic heterocycles. The lowest BCUT2D eigenvalue weighted by molar-refractivity contribution is -0.122. The number of amides is 3. The van der Waals surface area contributed by atoms with Gasteiger partial charge in [-0.15, -0.1) is 11.3 Å². The predicted octanol–water partition coefficient (Wildman–Crippen LogP) is 2.45. The fourth-order valence-electron chi connectivity index (χ4n) is 3.68. The summed E-state index contributed by atoms with van der Waals surface area (Å²) < 4.78 is 5.39. The van der Waals surface area contributed by atoms with Crippen molar-refractivity contribution < 1.29 is 19.1 Å². The summed E-state index contributed by atoms with van der Waals surface area (Å²) in [7, 11) is 0. The first-order valence-electron chi connectivity index (χ1n) is 9.74. The lowest BCUT2D eigenvalue weighted by Gasteiger charge is -2.29. The Balaban J connectivity index is 1.30. The Labute approximate surface area is 173 Å². The number of thiophene rings is 1. The number of hydrazine groups is 1. The highest BCUT2D eigenvalue weighted by molar-refractivity contribution is 7.14. The van der Waals surface area contributed by atoms with Crippen molar-refractivity contribution in [2.24, 2.45) is 5.92 Å². The Morgan fingerprint density at radius 1 is 1.28 bits per heavy atom. The number of hydrogen-bond donors (Lipinski definition) is 2. The first-order valence-corrected chi connectivity index (χ1v) is 10.6. The van der Waals surface area contributed by atoms with E-state index in [9.17, 15) is 14.4 Å². The van der Waals surface area contributed by atoms with E-state index >= 15 is 0 Å². The van der Waals surface area contributed by atoms with E-state index in [2.05, 4.69) is 17.8 Å². The van der Waals surface area contributed by atoms with Crippen molar-refractivity contribution in [3.8, 4) is 5.75 Å². The summed E-state index contributed by atoms with van der Waals surface area (Å²) in [6.07, 6.45) is 3.23. The molecule has 0 saturated carbocycles. The Morgan fingerprint density at radius 2 is 2.10 bits per heavy atom. The molecule has 1 aliphatic carbocycles. The number of anilines is 1. The Bertz CT molecular complexity index is 955. The molecule has 1 aromatic heterocycles. The van der Waals surface area contributed by atoms with Gasteiger partial charge in [-0.25, -0.2) is 0 Å². The van der Waals surface area contributed by atoms with Crippen molar-refractivity contribution in [3.05, 3.63) is 45.6 Å². The molecule has 1 aromatic carbocycles. The average Bonchev–Trinajstić information content (AvgIpc) is 3.14. The highest BCUT2D eigenvalue weighted by Crippen LogP contribution is 2.32. The van der Waals surface area contributed by atoms with Gasteiger partial charge in [0.15, 0.2) is 6.61 Å². The molecule has 2 aromatic rings. The van der Waals surface area contributed by atoms with Gasteiger partial charge in [-0.3, -0.25) is 25.2 Å². The molecule has 29 heavy (non-hydrogen) atoms. The normalized spacial score (nSPS) is 17.8. The third-order valence-electron chi connectivity index (χ3n) is 5.24. The number of carbonyl (C=O) groups is 3. The third kappa shape index (κ3) is 4.27. The summed E-state index contributed by atoms with van der Waals surface area (Å²) in [5, 5.41) is 0. The maximum Gasteiger partial charge on any atom is 0.279 e. The van der Waals surface area contributed by atoms with Crippen LogP contribution in [-0.2, 0) is 22.4 Å². The topological polar surface area (TPSA) is 87.7 Å². The molecule has 2 heterocycles. The minimum atomic E-state index is -0.356. The summed E-state index contributed by atoms with van der Waals surface area (Å²) in [4.78, 5) is 40.1. The lowest BCUT2D eigenvalue weighted by Crippen LogP contribution is -2.44. The molecule has 0 radical (unpaired) electrons. The summed E-state index contributed by atoms with van der Waals surface area (Å²) in [5.41, 5.74) is 6.83. The summed E-state index contributed by atoms with van der Waals surface area (Å²) in [6, 6.07) is 9.15. The van der Waals surface area contributed by atoms with Crippen LogP contribution in [0.5, 0.6) is 5.75 Å². The molecule has 0 unspecified atom stereocenters. The van der Waals surface area contributed by atoms with Gasteiger partial charge >= 0.3 is 0 Å². The van der Waals surface area contributed by atoms with Gasteiger partial charge in [-0.2, -0.15) is 0 Å². The number of para-hydroxylation sites is 2. The third-order valence-corrected chi connectivity index (χ3v) is 6.48. The zero-order chi connectivity index (χ0) is 20.4. The molecule has 0 spiro atoms. The fraction of sp³-hybridized carbons (Fsp3) is 0.381. The maximum atomic E-state index is 12.4. The monoisotopic (exact) mass is 413 g/mol. The molecule has 2 N–H and O–H groups in total. The quantitative estimate of drug-likeness (QED) is 0.754. The molecule has 0 bridgehead atoms. The SMILES string of the molecule is C[C@H]1CCc2sc(C(=O)NNC(=O)CCN3C(=O)COc4ccccc43)cc2C1. The summed E-state index contributed by atoms with van der Waals surface area (Å²) in [5.74, 6) is 0.403. The van der Waals surface area contributed by atoms with Gasteiger partial charge in [0.2, 0.25) is 5.91 Å². The highest BCUT2D eigenvalue weighted by atomic mass is 32.1. The fourth-order valence-corrected chi connectivity index (χ4v) is 4.78. The van der Waals surface area contributed by atoms with Crippen molar-refractivity contribution in [2.75, 3.05) is 18.1 Å². The average molecular weight is 413 g/mol. The molecule has 3 amide bonds. The Morgan fingerprint density at radius 3 is 2.97 bits per heavy atom. The van der Waals surface area contributed by atoms with Crippen molar-refractivity contribution in [1.82, 2.24) is 10.9 Å². The highest BCUT2D eigenvalue weighted by Gasteiger charge is 2.25. The number of nitrogens with zero attached hydrogens (tertiary/aromatic N) is 1. The number of benzene rings is 1. The largest absolute Gasteiger partial charge is 0.482 e. The van der Waals surface area contributed by atoms with Crippen LogP contribution in [0.2, 0.25) is 0 Å². The number of nitrogens with one attached hydrogen (secondary N) is 2. The van der Waals surface area contributed by atoms with E-state index < -0.39 is 0 Å². The second-order valence-corrected chi connectivity index (χ2v) is 8.60. The minimum absolute atomic E-state index is 0.0446. The van der Waals surface area contributed by atoms with Crippen LogP contribution in [0.3, 0.4) is 0 Å². The van der Waals surface area contributed by atoms with E-state index in [0.29, 0.717) is 22.2 Å². The number of carbonyl (C=O) groups excluding carboxylic acids is 3. The molecule has 0 saturated heterocycles. The van der Waals surface area contributed by atoms with Crippen molar-refractivity contribution in [3.63, 3.8) is 0 Å². The molecule has 4 rings (SSSR count). The number of fused-ring (bicyclic) bond motifs is 2. The first kappa shape index (κ1) is 19.4. The molecule has 7 nitrogen and oxygen atoms in total. The van der Waals surface area contributed by atoms with Crippen LogP contribution < -0.4 is 20.5 Å². The van der Waals surface area contributed by atoms with Crippen molar-refractivity contribution in [1.29, 1.82) is 0 Å². The maximum absolute atomic E-state index is 12.4. The number of ether oxygens (including phenoxy) is 1. The van der Waals surface area contributed by atoms with E-state index in [4.69, 9.17) is 4.74 Å². The Kier molecular flexibility index (Phi) is 5.53. The molecule has 152 valence electrons. The van der Waals surface area contributed by atoms with Crippen LogP contribution in [-0.4, -0.2) is 30.9 Å². The van der Waals surface area contributed by atoms with Gasteiger partial charge in [0.1, 0.15) is 5.75 Å². The van der Waals surface area contributed by atoms with E-state index in [1.807, 2.05) is 18.2 Å².